The van der Waals surface area contributed by atoms with Crippen molar-refractivity contribution in [3.63, 3.8) is 0 Å². The van der Waals surface area contributed by atoms with Gasteiger partial charge in [0, 0.05) is 25.5 Å². The minimum absolute atomic E-state index is 0.356. The fourth-order valence-electron chi connectivity index (χ4n) is 2.51. The molecule has 0 spiro atoms. The van der Waals surface area contributed by atoms with Gasteiger partial charge in [-0.15, -0.1) is 0 Å². The Hall–Kier alpha value is -0.960. The minimum Gasteiger partial charge on any atom is -0.347 e. The molecule has 1 aliphatic heterocycles. The van der Waals surface area contributed by atoms with E-state index in [0.29, 0.717) is 24.8 Å². The van der Waals surface area contributed by atoms with E-state index in [1.165, 1.54) is 4.31 Å². The lowest BCUT2D eigenvalue weighted by Crippen LogP contribution is -2.46. The third-order valence-corrected chi connectivity index (χ3v) is 5.36. The molecule has 2 heterocycles. The van der Waals surface area contributed by atoms with Crippen LogP contribution in [0.3, 0.4) is 0 Å². The van der Waals surface area contributed by atoms with Crippen LogP contribution in [0.2, 0.25) is 0 Å². The summed E-state index contributed by atoms with van der Waals surface area (Å²) < 4.78 is 28.8. The number of hydrogen-bond donors (Lipinski definition) is 3. The molecule has 1 aliphatic rings. The number of piperidine rings is 1. The topological polar surface area (TPSA) is 90.1 Å². The number of nitrogens with zero attached hydrogens (tertiary/aromatic N) is 2. The fraction of sp³-hybridized carbons (Fsp3) is 0.750. The van der Waals surface area contributed by atoms with Gasteiger partial charge in [-0.25, -0.2) is 4.98 Å². The summed E-state index contributed by atoms with van der Waals surface area (Å²) in [6, 6.07) is -0.356. The highest BCUT2D eigenvalue weighted by atomic mass is 32.2. The lowest BCUT2D eigenvalue weighted by Gasteiger charge is -2.31. The van der Waals surface area contributed by atoms with E-state index in [9.17, 15) is 8.42 Å². The van der Waals surface area contributed by atoms with Crippen molar-refractivity contribution in [2.24, 2.45) is 5.92 Å². The Morgan fingerprint density at radius 1 is 1.50 bits per heavy atom. The number of aromatic amines is 1. The Labute approximate surface area is 120 Å². The Balaban J connectivity index is 1.91. The highest BCUT2D eigenvalue weighted by Crippen LogP contribution is 2.19. The van der Waals surface area contributed by atoms with Crippen molar-refractivity contribution in [2.75, 3.05) is 26.7 Å². The molecule has 0 bridgehead atoms. The van der Waals surface area contributed by atoms with Crippen LogP contribution in [0.1, 0.15) is 31.6 Å². The molecule has 1 aromatic heterocycles. The molecule has 0 saturated carbocycles. The van der Waals surface area contributed by atoms with E-state index < -0.39 is 10.2 Å². The number of aromatic nitrogens is 2. The van der Waals surface area contributed by atoms with Crippen molar-refractivity contribution >= 4 is 10.2 Å². The summed E-state index contributed by atoms with van der Waals surface area (Å²) in [7, 11) is -1.52. The molecule has 0 amide bonds. The van der Waals surface area contributed by atoms with Gasteiger partial charge in [-0.05, 0) is 39.3 Å². The summed E-state index contributed by atoms with van der Waals surface area (Å²) in [5.74, 6) is 1.19. The lowest BCUT2D eigenvalue weighted by atomic mass is 9.98. The number of imidazole rings is 1. The first-order valence-electron chi connectivity index (χ1n) is 6.94. The zero-order valence-electron chi connectivity index (χ0n) is 12.0. The number of nitrogens with one attached hydrogen (secondary N) is 3. The summed E-state index contributed by atoms with van der Waals surface area (Å²) in [6.07, 6.45) is 5.10. The van der Waals surface area contributed by atoms with Crippen LogP contribution in [0.25, 0.3) is 0 Å². The van der Waals surface area contributed by atoms with Gasteiger partial charge in [0.15, 0.2) is 0 Å². The van der Waals surface area contributed by atoms with Crippen molar-refractivity contribution in [2.45, 2.75) is 25.8 Å². The van der Waals surface area contributed by atoms with Crippen molar-refractivity contribution in [1.29, 1.82) is 0 Å². The summed E-state index contributed by atoms with van der Waals surface area (Å²) in [4.78, 5) is 6.99. The third-order valence-electron chi connectivity index (χ3n) is 3.66. The van der Waals surface area contributed by atoms with Crippen molar-refractivity contribution in [3.8, 4) is 0 Å². The molecule has 3 N–H and O–H groups in total. The van der Waals surface area contributed by atoms with E-state index in [-0.39, 0.29) is 6.04 Å². The maximum atomic E-state index is 12.3. The Morgan fingerprint density at radius 3 is 2.75 bits per heavy atom. The quantitative estimate of drug-likeness (QED) is 0.702. The molecule has 8 heteroatoms. The Bertz CT molecular complexity index is 494. The monoisotopic (exact) mass is 301 g/mol. The molecule has 1 saturated heterocycles. The zero-order chi connectivity index (χ0) is 14.6. The minimum atomic E-state index is -3.44. The van der Waals surface area contributed by atoms with Crippen LogP contribution < -0.4 is 10.0 Å². The van der Waals surface area contributed by atoms with Gasteiger partial charge in [0.05, 0.1) is 6.04 Å². The molecule has 0 aromatic carbocycles. The van der Waals surface area contributed by atoms with E-state index in [4.69, 9.17) is 0 Å². The Morgan fingerprint density at radius 2 is 2.20 bits per heavy atom. The molecular formula is C12H23N5O2S. The molecule has 20 heavy (non-hydrogen) atoms. The van der Waals surface area contributed by atoms with Crippen LogP contribution >= 0.6 is 0 Å². The third kappa shape index (κ3) is 3.78. The molecule has 1 fully saturated rings. The number of rotatable bonds is 6. The van der Waals surface area contributed by atoms with Gasteiger partial charge in [-0.3, -0.25) is 0 Å². The molecular weight excluding hydrogens is 278 g/mol. The van der Waals surface area contributed by atoms with Crippen LogP contribution in [0.15, 0.2) is 12.4 Å². The van der Waals surface area contributed by atoms with Crippen LogP contribution in [-0.4, -0.2) is 49.4 Å². The van der Waals surface area contributed by atoms with Gasteiger partial charge >= 0.3 is 0 Å². The summed E-state index contributed by atoms with van der Waals surface area (Å²) in [5, 5.41) is 3.15. The molecule has 1 atom stereocenters. The Kier molecular flexibility index (Phi) is 5.14. The molecule has 1 unspecified atom stereocenters. The van der Waals surface area contributed by atoms with E-state index in [2.05, 4.69) is 20.0 Å². The van der Waals surface area contributed by atoms with Gasteiger partial charge < -0.3 is 10.3 Å². The lowest BCUT2D eigenvalue weighted by molar-refractivity contribution is 0.267. The molecule has 7 nitrogen and oxygen atoms in total. The first-order valence-corrected chi connectivity index (χ1v) is 8.38. The predicted octanol–water partition coefficient (Wildman–Crippen LogP) is 0.237. The van der Waals surface area contributed by atoms with Crippen LogP contribution in [-0.2, 0) is 10.2 Å². The van der Waals surface area contributed by atoms with E-state index in [1.807, 2.05) is 7.05 Å². The maximum Gasteiger partial charge on any atom is 0.280 e. The number of H-pyrrole nitrogens is 1. The highest BCUT2D eigenvalue weighted by molar-refractivity contribution is 7.87. The van der Waals surface area contributed by atoms with Crippen molar-refractivity contribution in [3.05, 3.63) is 18.2 Å². The van der Waals surface area contributed by atoms with E-state index in [0.717, 1.165) is 19.4 Å². The SMILES string of the molecule is CNCC1CCN(S(=O)(=O)NC(C)c2ncc[nH]2)CC1. The average Bonchev–Trinajstić information content (AvgIpc) is 2.93. The normalized spacial score (nSPS) is 20.1. The second-order valence-corrected chi connectivity index (χ2v) is 6.92. The molecule has 114 valence electrons. The molecule has 0 aliphatic carbocycles. The van der Waals surface area contributed by atoms with E-state index >= 15 is 0 Å². The zero-order valence-corrected chi connectivity index (χ0v) is 12.8. The molecule has 1 aromatic rings. The maximum absolute atomic E-state index is 12.3. The summed E-state index contributed by atoms with van der Waals surface area (Å²) in [6.45, 7) is 3.88. The standard InChI is InChI=1S/C12H23N5O2S/c1-10(12-14-5-6-15-12)16-20(18,19)17-7-3-11(4-8-17)9-13-2/h5-6,10-11,13,16H,3-4,7-9H2,1-2H3,(H,14,15). The van der Waals surface area contributed by atoms with Gasteiger partial charge in [0.25, 0.3) is 10.2 Å². The van der Waals surface area contributed by atoms with Gasteiger partial charge in [-0.2, -0.15) is 17.4 Å². The second kappa shape index (κ2) is 6.66. The van der Waals surface area contributed by atoms with Crippen LogP contribution in [0.5, 0.6) is 0 Å². The van der Waals surface area contributed by atoms with E-state index in [1.54, 1.807) is 19.3 Å². The fourth-order valence-corrected chi connectivity index (χ4v) is 3.91. The summed E-state index contributed by atoms with van der Waals surface area (Å²) in [5.41, 5.74) is 0. The van der Waals surface area contributed by atoms with Crippen molar-refractivity contribution < 1.29 is 8.42 Å². The highest BCUT2D eigenvalue weighted by Gasteiger charge is 2.29. The van der Waals surface area contributed by atoms with Crippen molar-refractivity contribution in [1.82, 2.24) is 24.3 Å². The summed E-state index contributed by atoms with van der Waals surface area (Å²) >= 11 is 0. The largest absolute Gasteiger partial charge is 0.347 e. The van der Waals surface area contributed by atoms with Gasteiger partial charge in [0.1, 0.15) is 5.82 Å². The van der Waals surface area contributed by atoms with Crippen LogP contribution in [0, 0.1) is 5.92 Å². The molecule has 2 rings (SSSR count). The van der Waals surface area contributed by atoms with Gasteiger partial charge in [0.2, 0.25) is 0 Å². The smallest absolute Gasteiger partial charge is 0.280 e. The second-order valence-electron chi connectivity index (χ2n) is 5.22. The van der Waals surface area contributed by atoms with Gasteiger partial charge in [-0.1, -0.05) is 0 Å². The number of hydrogen-bond acceptors (Lipinski definition) is 4. The predicted molar refractivity (Wildman–Crippen MR) is 77.3 cm³/mol. The molecule has 0 radical (unpaired) electrons. The van der Waals surface area contributed by atoms with Crippen LogP contribution in [0.4, 0.5) is 0 Å². The first-order chi connectivity index (χ1) is 9.53. The average molecular weight is 301 g/mol. The first kappa shape index (κ1) is 15.4.